The van der Waals surface area contributed by atoms with Crippen LogP contribution < -0.4 is 0 Å². The lowest BCUT2D eigenvalue weighted by atomic mass is 10.3. The number of carbonyl (C=O) groups is 1. The molecule has 0 aliphatic carbocycles. The number of rotatable bonds is 6. The number of para-hydroxylation sites is 2. The van der Waals surface area contributed by atoms with Crippen molar-refractivity contribution in [2.45, 2.75) is 25.2 Å². The van der Waals surface area contributed by atoms with E-state index in [0.29, 0.717) is 12.3 Å². The van der Waals surface area contributed by atoms with E-state index in [-0.39, 0.29) is 5.91 Å². The number of benzene rings is 1. The Morgan fingerprint density at radius 2 is 2.17 bits per heavy atom. The average molecular weight is 345 g/mol. The topological polar surface area (TPSA) is 38.1 Å². The first-order valence-corrected chi connectivity index (χ1v) is 9.45. The van der Waals surface area contributed by atoms with Gasteiger partial charge >= 0.3 is 0 Å². The second-order valence-corrected chi connectivity index (χ2v) is 7.02. The number of hydrogen-bond acceptors (Lipinski definition) is 4. The molecular weight excluding hydrogens is 326 g/mol. The van der Waals surface area contributed by atoms with Crippen LogP contribution in [-0.4, -0.2) is 33.2 Å². The summed E-state index contributed by atoms with van der Waals surface area (Å²) in [7, 11) is 1.85. The van der Waals surface area contributed by atoms with Gasteiger partial charge in [-0.3, -0.25) is 4.79 Å². The molecule has 0 atom stereocenters. The molecule has 1 amide bonds. The van der Waals surface area contributed by atoms with Gasteiger partial charge < -0.3 is 9.47 Å². The molecule has 2 aromatic heterocycles. The van der Waals surface area contributed by atoms with Gasteiger partial charge in [-0.2, -0.15) is 11.3 Å². The van der Waals surface area contributed by atoms with Gasteiger partial charge in [0, 0.05) is 20.1 Å². The molecule has 0 radical (unpaired) electrons. The summed E-state index contributed by atoms with van der Waals surface area (Å²) in [6.45, 7) is 3.61. The Morgan fingerprint density at radius 3 is 2.91 bits per heavy atom. The highest BCUT2D eigenvalue weighted by molar-refractivity contribution is 7.99. The first-order valence-electron chi connectivity index (χ1n) is 7.52. The molecule has 120 valence electrons. The summed E-state index contributed by atoms with van der Waals surface area (Å²) >= 11 is 3.16. The lowest BCUT2D eigenvalue weighted by Gasteiger charge is -2.16. The standard InChI is InChI=1S/C17H19N3OS2/c1-3-20-15-7-5-4-6-14(15)18-17(20)23-12-16(21)19(2)10-13-8-9-22-11-13/h4-9,11H,3,10,12H2,1-2H3. The van der Waals surface area contributed by atoms with Gasteiger partial charge in [-0.05, 0) is 41.4 Å². The fraction of sp³-hybridized carbons (Fsp3) is 0.294. The monoisotopic (exact) mass is 345 g/mol. The zero-order valence-corrected chi connectivity index (χ0v) is 14.9. The van der Waals surface area contributed by atoms with E-state index in [9.17, 15) is 4.79 Å². The minimum absolute atomic E-state index is 0.121. The molecule has 0 saturated heterocycles. The molecule has 0 unspecified atom stereocenters. The van der Waals surface area contributed by atoms with E-state index in [0.717, 1.165) is 22.7 Å². The van der Waals surface area contributed by atoms with Gasteiger partial charge in [-0.1, -0.05) is 23.9 Å². The van der Waals surface area contributed by atoms with Crippen molar-refractivity contribution in [1.29, 1.82) is 0 Å². The van der Waals surface area contributed by atoms with Crippen LogP contribution in [-0.2, 0) is 17.9 Å². The number of fused-ring (bicyclic) bond motifs is 1. The van der Waals surface area contributed by atoms with Crippen molar-refractivity contribution >= 4 is 40.0 Å². The molecule has 0 bridgehead atoms. The van der Waals surface area contributed by atoms with Crippen molar-refractivity contribution in [3.63, 3.8) is 0 Å². The molecule has 0 fully saturated rings. The summed E-state index contributed by atoms with van der Waals surface area (Å²) in [4.78, 5) is 18.7. The van der Waals surface area contributed by atoms with Crippen LogP contribution in [0, 0.1) is 0 Å². The highest BCUT2D eigenvalue weighted by atomic mass is 32.2. The average Bonchev–Trinajstić information content (AvgIpc) is 3.19. The van der Waals surface area contributed by atoms with Crippen LogP contribution in [0.1, 0.15) is 12.5 Å². The SMILES string of the molecule is CCn1c(SCC(=O)N(C)Cc2ccsc2)nc2ccccc21. The second-order valence-electron chi connectivity index (χ2n) is 5.30. The number of aryl methyl sites for hydroxylation is 1. The number of imidazole rings is 1. The summed E-state index contributed by atoms with van der Waals surface area (Å²) in [5, 5.41) is 5.02. The van der Waals surface area contributed by atoms with E-state index >= 15 is 0 Å². The fourth-order valence-electron chi connectivity index (χ4n) is 2.45. The Morgan fingerprint density at radius 1 is 1.35 bits per heavy atom. The Hall–Kier alpha value is -1.79. The van der Waals surface area contributed by atoms with Crippen LogP contribution in [0.4, 0.5) is 0 Å². The molecule has 0 aliphatic heterocycles. The maximum Gasteiger partial charge on any atom is 0.233 e. The maximum absolute atomic E-state index is 12.3. The van der Waals surface area contributed by atoms with Gasteiger partial charge in [0.15, 0.2) is 5.16 Å². The second kappa shape index (κ2) is 7.19. The van der Waals surface area contributed by atoms with Crippen LogP contribution in [0.25, 0.3) is 11.0 Å². The normalized spacial score (nSPS) is 11.0. The molecule has 2 heterocycles. The number of hydrogen-bond donors (Lipinski definition) is 0. The van der Waals surface area contributed by atoms with Gasteiger partial charge in [0.1, 0.15) is 0 Å². The van der Waals surface area contributed by atoms with Gasteiger partial charge in [0.2, 0.25) is 5.91 Å². The Balaban J connectivity index is 1.67. The predicted octanol–water partition coefficient (Wildman–Crippen LogP) is 3.87. The number of thiophene rings is 1. The van der Waals surface area contributed by atoms with E-state index < -0.39 is 0 Å². The molecule has 0 spiro atoms. The quantitative estimate of drug-likeness (QED) is 0.637. The van der Waals surface area contributed by atoms with Crippen molar-refractivity contribution in [3.8, 4) is 0 Å². The Labute approximate surface area is 144 Å². The van der Waals surface area contributed by atoms with E-state index in [2.05, 4.69) is 34.0 Å². The fourth-order valence-corrected chi connectivity index (χ4v) is 4.13. The van der Waals surface area contributed by atoms with Crippen LogP contribution in [0.2, 0.25) is 0 Å². The summed E-state index contributed by atoms with van der Waals surface area (Å²) in [5.41, 5.74) is 3.28. The lowest BCUT2D eigenvalue weighted by molar-refractivity contribution is -0.127. The van der Waals surface area contributed by atoms with Crippen molar-refractivity contribution in [2.24, 2.45) is 0 Å². The number of carbonyl (C=O) groups excluding carboxylic acids is 1. The smallest absolute Gasteiger partial charge is 0.233 e. The largest absolute Gasteiger partial charge is 0.341 e. The summed E-state index contributed by atoms with van der Waals surface area (Å²) in [6, 6.07) is 10.1. The Kier molecular flexibility index (Phi) is 5.03. The number of nitrogens with zero attached hydrogens (tertiary/aromatic N) is 3. The highest BCUT2D eigenvalue weighted by Crippen LogP contribution is 2.24. The zero-order valence-electron chi connectivity index (χ0n) is 13.2. The van der Waals surface area contributed by atoms with Crippen molar-refractivity contribution < 1.29 is 4.79 Å². The third-order valence-electron chi connectivity index (χ3n) is 3.69. The minimum Gasteiger partial charge on any atom is -0.341 e. The summed E-state index contributed by atoms with van der Waals surface area (Å²) in [5.74, 6) is 0.528. The van der Waals surface area contributed by atoms with E-state index in [1.54, 1.807) is 16.2 Å². The minimum atomic E-state index is 0.121. The number of thioether (sulfide) groups is 1. The molecule has 0 saturated carbocycles. The third kappa shape index (κ3) is 3.59. The molecule has 6 heteroatoms. The summed E-state index contributed by atoms with van der Waals surface area (Å²) in [6.07, 6.45) is 0. The van der Waals surface area contributed by atoms with E-state index in [1.165, 1.54) is 17.3 Å². The number of amides is 1. The first kappa shape index (κ1) is 16.1. The maximum atomic E-state index is 12.3. The third-order valence-corrected chi connectivity index (χ3v) is 5.38. The molecule has 1 aromatic carbocycles. The van der Waals surface area contributed by atoms with Gasteiger partial charge in [0.25, 0.3) is 0 Å². The Bertz CT molecular complexity index is 795. The van der Waals surface area contributed by atoms with Gasteiger partial charge in [0.05, 0.1) is 16.8 Å². The van der Waals surface area contributed by atoms with Crippen LogP contribution >= 0.6 is 23.1 Å². The van der Waals surface area contributed by atoms with E-state index in [4.69, 9.17) is 0 Å². The molecular formula is C17H19N3OS2. The van der Waals surface area contributed by atoms with Gasteiger partial charge in [-0.15, -0.1) is 0 Å². The molecule has 23 heavy (non-hydrogen) atoms. The molecule has 4 nitrogen and oxygen atoms in total. The van der Waals surface area contributed by atoms with Crippen LogP contribution in [0.15, 0.2) is 46.2 Å². The zero-order chi connectivity index (χ0) is 16.2. The van der Waals surface area contributed by atoms with Gasteiger partial charge in [-0.25, -0.2) is 4.98 Å². The van der Waals surface area contributed by atoms with E-state index in [1.807, 2.05) is 30.6 Å². The first-order chi connectivity index (χ1) is 11.2. The molecule has 3 rings (SSSR count). The lowest BCUT2D eigenvalue weighted by Crippen LogP contribution is -2.27. The summed E-state index contributed by atoms with van der Waals surface area (Å²) < 4.78 is 2.16. The molecule has 0 N–H and O–H groups in total. The molecule has 3 aromatic rings. The van der Waals surface area contributed by atoms with Crippen LogP contribution in [0.5, 0.6) is 0 Å². The highest BCUT2D eigenvalue weighted by Gasteiger charge is 2.14. The van der Waals surface area contributed by atoms with Crippen molar-refractivity contribution in [1.82, 2.24) is 14.5 Å². The van der Waals surface area contributed by atoms with Crippen molar-refractivity contribution in [2.75, 3.05) is 12.8 Å². The van der Waals surface area contributed by atoms with Crippen molar-refractivity contribution in [3.05, 3.63) is 46.7 Å². The number of aromatic nitrogens is 2. The predicted molar refractivity (Wildman–Crippen MR) is 96.9 cm³/mol. The molecule has 0 aliphatic rings. The van der Waals surface area contributed by atoms with Crippen LogP contribution in [0.3, 0.4) is 0 Å².